The lowest BCUT2D eigenvalue weighted by Crippen LogP contribution is -2.52. The summed E-state index contributed by atoms with van der Waals surface area (Å²) < 4.78 is 45.2. The quantitative estimate of drug-likeness (QED) is 0.350. The summed E-state index contributed by atoms with van der Waals surface area (Å²) in [4.78, 5) is 24.1. The maximum absolute atomic E-state index is 13.8. The van der Waals surface area contributed by atoms with E-state index in [1.165, 1.54) is 35.5 Å². The Labute approximate surface area is 234 Å². The second-order valence-corrected chi connectivity index (χ2v) is 12.0. The number of anilines is 1. The number of aliphatic hydroxyl groups is 1. The van der Waals surface area contributed by atoms with E-state index in [0.717, 1.165) is 12.0 Å². The van der Waals surface area contributed by atoms with Crippen LogP contribution in [0.15, 0.2) is 59.5 Å². The van der Waals surface area contributed by atoms with Crippen LogP contribution in [0.4, 0.5) is 10.5 Å². The maximum Gasteiger partial charge on any atom is 0.407 e. The van der Waals surface area contributed by atoms with Crippen LogP contribution in [0.2, 0.25) is 0 Å². The van der Waals surface area contributed by atoms with Crippen molar-refractivity contribution in [2.45, 2.75) is 61.9 Å². The first kappa shape index (κ1) is 29.9. The van der Waals surface area contributed by atoms with Gasteiger partial charge in [-0.2, -0.15) is 4.31 Å². The molecule has 11 nitrogen and oxygen atoms in total. The number of benzene rings is 2. The second-order valence-electron chi connectivity index (χ2n) is 10.1. The van der Waals surface area contributed by atoms with Crippen molar-refractivity contribution >= 4 is 27.7 Å². The molecule has 0 saturated carbocycles. The van der Waals surface area contributed by atoms with Crippen LogP contribution in [0.5, 0.6) is 0 Å². The van der Waals surface area contributed by atoms with Crippen LogP contribution in [0.3, 0.4) is 0 Å². The Balaban J connectivity index is 1.54. The van der Waals surface area contributed by atoms with Gasteiger partial charge in [-0.25, -0.2) is 13.2 Å². The molecule has 2 heterocycles. The van der Waals surface area contributed by atoms with Gasteiger partial charge in [0, 0.05) is 38.7 Å². The van der Waals surface area contributed by atoms with Crippen LogP contribution >= 0.6 is 0 Å². The molecule has 218 valence electrons. The molecule has 2 aromatic carbocycles. The van der Waals surface area contributed by atoms with E-state index in [1.807, 2.05) is 30.3 Å². The van der Waals surface area contributed by atoms with Gasteiger partial charge >= 0.3 is 6.09 Å². The zero-order valence-electron chi connectivity index (χ0n) is 22.5. The molecule has 2 aromatic rings. The van der Waals surface area contributed by atoms with Crippen molar-refractivity contribution in [2.75, 3.05) is 38.2 Å². The number of carbonyl (C=O) groups excluding carboxylic acids is 2. The molecule has 0 radical (unpaired) electrons. The zero-order chi connectivity index (χ0) is 28.5. The predicted octanol–water partition coefficient (Wildman–Crippen LogP) is 2.30. The van der Waals surface area contributed by atoms with Crippen molar-refractivity contribution in [3.63, 3.8) is 0 Å². The Hall–Kier alpha value is -3.03. The molecule has 3 N–H and O–H groups in total. The van der Waals surface area contributed by atoms with E-state index in [4.69, 9.17) is 14.2 Å². The molecule has 4 atom stereocenters. The van der Waals surface area contributed by atoms with Gasteiger partial charge in [0.05, 0.1) is 36.4 Å². The van der Waals surface area contributed by atoms with E-state index in [-0.39, 0.29) is 42.5 Å². The largest absolute Gasteiger partial charge is 0.444 e. The number of hydrogen-bond donors (Lipinski definition) is 3. The molecule has 2 saturated heterocycles. The summed E-state index contributed by atoms with van der Waals surface area (Å²) in [5, 5.41) is 16.8. The third kappa shape index (κ3) is 8.48. The molecule has 40 heavy (non-hydrogen) atoms. The van der Waals surface area contributed by atoms with Crippen molar-refractivity contribution in [3.8, 4) is 0 Å². The number of rotatable bonds is 12. The van der Waals surface area contributed by atoms with Crippen molar-refractivity contribution in [1.82, 2.24) is 9.62 Å². The number of amides is 2. The number of carbonyl (C=O) groups is 2. The molecule has 2 aliphatic rings. The molecule has 4 rings (SSSR count). The third-order valence-electron chi connectivity index (χ3n) is 6.86. The first-order valence-corrected chi connectivity index (χ1v) is 14.9. The first-order chi connectivity index (χ1) is 19.2. The SMILES string of the molecule is CC(=O)Nc1ccc(S(=O)(=O)N(C[C@@H]2CCCO2)C[C@@H](O)[C@H](Cc2ccccc2)NC(=O)O[C@H]2CCOC2)cc1. The number of aliphatic hydroxyl groups excluding tert-OH is 1. The van der Waals surface area contributed by atoms with Gasteiger partial charge in [-0.3, -0.25) is 4.79 Å². The maximum atomic E-state index is 13.8. The van der Waals surface area contributed by atoms with Crippen LogP contribution in [0, 0.1) is 0 Å². The summed E-state index contributed by atoms with van der Waals surface area (Å²) in [6.45, 7) is 2.51. The standard InChI is InChI=1S/C28H37N3O8S/c1-20(32)29-22-9-11-25(12-10-22)40(35,36)31(17-23-8-5-14-38-23)18-27(33)26(16-21-6-3-2-4-7-21)30-28(34)39-24-13-15-37-19-24/h2-4,6-7,9-12,23-24,26-27,33H,5,8,13-19H2,1H3,(H,29,32)(H,30,34)/t23-,24-,26-,27+/m0/s1. The lowest BCUT2D eigenvalue weighted by Gasteiger charge is -2.31. The molecule has 0 spiro atoms. The average Bonchev–Trinajstić information content (AvgIpc) is 3.63. The zero-order valence-corrected chi connectivity index (χ0v) is 23.3. The van der Waals surface area contributed by atoms with Gasteiger partial charge in [0.25, 0.3) is 0 Å². The lowest BCUT2D eigenvalue weighted by molar-refractivity contribution is -0.114. The summed E-state index contributed by atoms with van der Waals surface area (Å²) in [7, 11) is -4.06. The van der Waals surface area contributed by atoms with Crippen molar-refractivity contribution in [2.24, 2.45) is 0 Å². The van der Waals surface area contributed by atoms with E-state index in [2.05, 4.69) is 10.6 Å². The Morgan fingerprint density at radius 2 is 1.85 bits per heavy atom. The molecule has 2 fully saturated rings. The van der Waals surface area contributed by atoms with E-state index < -0.39 is 28.3 Å². The Kier molecular flexibility index (Phi) is 10.5. The topological polar surface area (TPSA) is 144 Å². The van der Waals surface area contributed by atoms with E-state index in [9.17, 15) is 23.1 Å². The van der Waals surface area contributed by atoms with Gasteiger partial charge in [0.1, 0.15) is 6.10 Å². The highest BCUT2D eigenvalue weighted by Gasteiger charge is 2.34. The molecule has 0 aliphatic carbocycles. The van der Waals surface area contributed by atoms with Crippen molar-refractivity contribution in [3.05, 3.63) is 60.2 Å². The smallest absolute Gasteiger partial charge is 0.407 e. The molecular formula is C28H37N3O8S. The fourth-order valence-corrected chi connectivity index (χ4v) is 6.27. The Morgan fingerprint density at radius 1 is 1.10 bits per heavy atom. The lowest BCUT2D eigenvalue weighted by atomic mass is 10.0. The summed E-state index contributed by atoms with van der Waals surface area (Å²) in [5.41, 5.74) is 1.33. The predicted molar refractivity (Wildman–Crippen MR) is 147 cm³/mol. The summed E-state index contributed by atoms with van der Waals surface area (Å²) in [6, 6.07) is 14.3. The van der Waals surface area contributed by atoms with Gasteiger partial charge in [-0.1, -0.05) is 30.3 Å². The minimum atomic E-state index is -4.06. The number of alkyl carbamates (subject to hydrolysis) is 1. The van der Waals surface area contributed by atoms with Crippen LogP contribution in [-0.4, -0.2) is 87.1 Å². The highest BCUT2D eigenvalue weighted by Crippen LogP contribution is 2.23. The summed E-state index contributed by atoms with van der Waals surface area (Å²) in [5.74, 6) is -0.269. The van der Waals surface area contributed by atoms with Gasteiger partial charge < -0.3 is 30.0 Å². The van der Waals surface area contributed by atoms with E-state index in [1.54, 1.807) is 0 Å². The number of nitrogens with one attached hydrogen (secondary N) is 2. The van der Waals surface area contributed by atoms with Crippen LogP contribution in [0.1, 0.15) is 31.7 Å². The Morgan fingerprint density at radius 3 is 2.48 bits per heavy atom. The van der Waals surface area contributed by atoms with Crippen molar-refractivity contribution < 1.29 is 37.3 Å². The number of nitrogens with zero attached hydrogens (tertiary/aromatic N) is 1. The normalized spacial score (nSPS) is 20.7. The first-order valence-electron chi connectivity index (χ1n) is 13.5. The number of ether oxygens (including phenoxy) is 3. The average molecular weight is 576 g/mol. The molecule has 2 amide bonds. The summed E-state index contributed by atoms with van der Waals surface area (Å²) in [6.07, 6.45) is -0.267. The molecule has 12 heteroatoms. The van der Waals surface area contributed by atoms with Crippen LogP contribution in [0.25, 0.3) is 0 Å². The van der Waals surface area contributed by atoms with Crippen molar-refractivity contribution in [1.29, 1.82) is 0 Å². The second kappa shape index (κ2) is 14.0. The van der Waals surface area contributed by atoms with Crippen LogP contribution in [-0.2, 0) is 35.4 Å². The van der Waals surface area contributed by atoms with E-state index in [0.29, 0.717) is 38.3 Å². The monoisotopic (exact) mass is 575 g/mol. The third-order valence-corrected chi connectivity index (χ3v) is 8.71. The Bertz CT molecular complexity index is 1210. The molecule has 2 aliphatic heterocycles. The van der Waals surface area contributed by atoms with Gasteiger partial charge in [0.15, 0.2) is 0 Å². The van der Waals surface area contributed by atoms with Crippen LogP contribution < -0.4 is 10.6 Å². The number of hydrogen-bond acceptors (Lipinski definition) is 8. The van der Waals surface area contributed by atoms with Gasteiger partial charge in [0.2, 0.25) is 15.9 Å². The highest BCUT2D eigenvalue weighted by molar-refractivity contribution is 7.89. The molecule has 0 bridgehead atoms. The summed E-state index contributed by atoms with van der Waals surface area (Å²) >= 11 is 0. The van der Waals surface area contributed by atoms with Gasteiger partial charge in [-0.05, 0) is 49.1 Å². The van der Waals surface area contributed by atoms with E-state index >= 15 is 0 Å². The fourth-order valence-electron chi connectivity index (χ4n) is 4.78. The molecular weight excluding hydrogens is 538 g/mol. The van der Waals surface area contributed by atoms with Gasteiger partial charge in [-0.15, -0.1) is 0 Å². The molecule has 0 unspecified atom stereocenters. The molecule has 0 aromatic heterocycles. The highest BCUT2D eigenvalue weighted by atomic mass is 32.2. The minimum Gasteiger partial charge on any atom is -0.444 e. The number of sulfonamides is 1. The fraction of sp³-hybridized carbons (Fsp3) is 0.500. The minimum absolute atomic E-state index is 0.0139.